The molecule has 23 heavy (non-hydrogen) atoms. The first-order valence-electron chi connectivity index (χ1n) is 8.04. The van der Waals surface area contributed by atoms with Crippen molar-refractivity contribution in [3.8, 4) is 11.4 Å². The Morgan fingerprint density at radius 3 is 2.48 bits per heavy atom. The number of nitrogens with one attached hydrogen (secondary N) is 1. The topological polar surface area (TPSA) is 88.2 Å². The molecule has 0 unspecified atom stereocenters. The van der Waals surface area contributed by atoms with Crippen molar-refractivity contribution in [1.82, 2.24) is 15.5 Å². The zero-order valence-corrected chi connectivity index (χ0v) is 13.0. The van der Waals surface area contributed by atoms with Crippen molar-refractivity contribution in [2.45, 2.75) is 44.1 Å². The molecule has 1 aliphatic carbocycles. The SMILES string of the molecule is O=C(NCC1(O)CCCCCC1)c1ccc(-c2ncon2)cc1. The van der Waals surface area contributed by atoms with Crippen molar-refractivity contribution in [3.05, 3.63) is 36.2 Å². The van der Waals surface area contributed by atoms with Gasteiger partial charge >= 0.3 is 0 Å². The highest BCUT2D eigenvalue weighted by Gasteiger charge is 2.28. The Balaban J connectivity index is 1.59. The predicted molar refractivity (Wildman–Crippen MR) is 84.7 cm³/mol. The monoisotopic (exact) mass is 315 g/mol. The molecule has 6 nitrogen and oxygen atoms in total. The van der Waals surface area contributed by atoms with Crippen LogP contribution in [0.1, 0.15) is 48.9 Å². The summed E-state index contributed by atoms with van der Waals surface area (Å²) in [4.78, 5) is 16.2. The average Bonchev–Trinajstić information content (AvgIpc) is 3.02. The molecule has 1 fully saturated rings. The highest BCUT2D eigenvalue weighted by atomic mass is 16.5. The Labute approximate surface area is 134 Å². The van der Waals surface area contributed by atoms with E-state index in [1.165, 1.54) is 6.39 Å². The first-order chi connectivity index (χ1) is 11.2. The molecular weight excluding hydrogens is 294 g/mol. The molecule has 0 spiro atoms. The Bertz CT molecular complexity index is 630. The van der Waals surface area contributed by atoms with Gasteiger partial charge in [0.2, 0.25) is 12.2 Å². The molecule has 1 saturated carbocycles. The van der Waals surface area contributed by atoms with E-state index in [2.05, 4.69) is 15.5 Å². The highest BCUT2D eigenvalue weighted by Crippen LogP contribution is 2.26. The van der Waals surface area contributed by atoms with Crippen molar-refractivity contribution >= 4 is 5.91 Å². The van der Waals surface area contributed by atoms with Crippen molar-refractivity contribution in [1.29, 1.82) is 0 Å². The van der Waals surface area contributed by atoms with Crippen molar-refractivity contribution < 1.29 is 14.4 Å². The normalized spacial score (nSPS) is 17.4. The van der Waals surface area contributed by atoms with E-state index in [1.54, 1.807) is 24.3 Å². The number of amides is 1. The van der Waals surface area contributed by atoms with Gasteiger partial charge in [0, 0.05) is 17.7 Å². The molecule has 122 valence electrons. The zero-order valence-electron chi connectivity index (χ0n) is 13.0. The summed E-state index contributed by atoms with van der Waals surface area (Å²) in [5.74, 6) is 0.312. The number of aromatic nitrogens is 2. The fraction of sp³-hybridized carbons (Fsp3) is 0.471. The average molecular weight is 315 g/mol. The maximum atomic E-state index is 12.2. The van der Waals surface area contributed by atoms with Gasteiger partial charge in [0.15, 0.2) is 0 Å². The number of carbonyl (C=O) groups excluding carboxylic acids is 1. The Hall–Kier alpha value is -2.21. The lowest BCUT2D eigenvalue weighted by Crippen LogP contribution is -2.42. The second-order valence-electron chi connectivity index (χ2n) is 6.15. The quantitative estimate of drug-likeness (QED) is 0.847. The van der Waals surface area contributed by atoms with Gasteiger partial charge in [0.05, 0.1) is 5.60 Å². The van der Waals surface area contributed by atoms with Crippen LogP contribution in [0, 0.1) is 0 Å². The lowest BCUT2D eigenvalue weighted by molar-refractivity contribution is 0.0246. The minimum Gasteiger partial charge on any atom is -0.388 e. The molecular formula is C17H21N3O3. The maximum Gasteiger partial charge on any atom is 0.251 e. The van der Waals surface area contributed by atoms with Crippen LogP contribution in [0.5, 0.6) is 0 Å². The fourth-order valence-electron chi connectivity index (χ4n) is 2.98. The number of carbonyl (C=O) groups is 1. The summed E-state index contributed by atoms with van der Waals surface area (Å²) in [5, 5.41) is 17.2. The van der Waals surface area contributed by atoms with Crippen LogP contribution in [0.3, 0.4) is 0 Å². The maximum absolute atomic E-state index is 12.2. The van der Waals surface area contributed by atoms with Crippen LogP contribution in [0.2, 0.25) is 0 Å². The van der Waals surface area contributed by atoms with Crippen molar-refractivity contribution in [3.63, 3.8) is 0 Å². The summed E-state index contributed by atoms with van der Waals surface area (Å²) in [5.41, 5.74) is 0.573. The van der Waals surface area contributed by atoms with E-state index < -0.39 is 5.60 Å². The molecule has 1 aromatic heterocycles. The molecule has 6 heteroatoms. The molecule has 0 aliphatic heterocycles. The third-order valence-electron chi connectivity index (χ3n) is 4.38. The van der Waals surface area contributed by atoms with Crippen LogP contribution >= 0.6 is 0 Å². The van der Waals surface area contributed by atoms with Gasteiger partial charge in [-0.05, 0) is 25.0 Å². The van der Waals surface area contributed by atoms with Crippen molar-refractivity contribution in [2.24, 2.45) is 0 Å². The lowest BCUT2D eigenvalue weighted by Gasteiger charge is -2.26. The molecule has 1 heterocycles. The highest BCUT2D eigenvalue weighted by molar-refractivity contribution is 5.94. The number of nitrogens with zero attached hydrogens (tertiary/aromatic N) is 2. The fourth-order valence-corrected chi connectivity index (χ4v) is 2.98. The van der Waals surface area contributed by atoms with Gasteiger partial charge in [-0.1, -0.05) is 43.0 Å². The molecule has 3 rings (SSSR count). The number of hydrogen-bond donors (Lipinski definition) is 2. The van der Waals surface area contributed by atoms with Gasteiger partial charge < -0.3 is 14.9 Å². The first kappa shape index (κ1) is 15.7. The third-order valence-corrected chi connectivity index (χ3v) is 4.38. The lowest BCUT2D eigenvalue weighted by atomic mass is 9.94. The Morgan fingerprint density at radius 2 is 1.87 bits per heavy atom. The molecule has 0 atom stereocenters. The van der Waals surface area contributed by atoms with E-state index in [0.717, 1.165) is 44.1 Å². The van der Waals surface area contributed by atoms with E-state index in [1.807, 2.05) is 0 Å². The second-order valence-corrected chi connectivity index (χ2v) is 6.15. The number of benzene rings is 1. The van der Waals surface area contributed by atoms with Crippen LogP contribution in [-0.2, 0) is 0 Å². The summed E-state index contributed by atoms with van der Waals surface area (Å²) in [6, 6.07) is 7.00. The van der Waals surface area contributed by atoms with Gasteiger partial charge in [0.25, 0.3) is 5.91 Å². The van der Waals surface area contributed by atoms with E-state index in [0.29, 0.717) is 17.9 Å². The molecule has 1 aliphatic rings. The van der Waals surface area contributed by atoms with E-state index in [9.17, 15) is 9.90 Å². The van der Waals surface area contributed by atoms with Crippen molar-refractivity contribution in [2.75, 3.05) is 6.54 Å². The molecule has 0 bridgehead atoms. The summed E-state index contributed by atoms with van der Waals surface area (Å²) >= 11 is 0. The summed E-state index contributed by atoms with van der Waals surface area (Å²) in [7, 11) is 0. The van der Waals surface area contributed by atoms with E-state index in [-0.39, 0.29) is 5.91 Å². The largest absolute Gasteiger partial charge is 0.388 e. The van der Waals surface area contributed by atoms with E-state index in [4.69, 9.17) is 4.52 Å². The van der Waals surface area contributed by atoms with Gasteiger partial charge in [-0.15, -0.1) is 0 Å². The van der Waals surface area contributed by atoms with Gasteiger partial charge in [-0.2, -0.15) is 4.98 Å². The van der Waals surface area contributed by atoms with Crippen LogP contribution in [0.4, 0.5) is 0 Å². The minimum atomic E-state index is -0.767. The number of hydrogen-bond acceptors (Lipinski definition) is 5. The minimum absolute atomic E-state index is 0.178. The smallest absolute Gasteiger partial charge is 0.251 e. The van der Waals surface area contributed by atoms with Crippen LogP contribution < -0.4 is 5.32 Å². The first-order valence-corrected chi connectivity index (χ1v) is 8.04. The standard InChI is InChI=1S/C17H21N3O3/c21-16(18-11-17(22)9-3-1-2-4-10-17)14-7-5-13(6-8-14)15-19-12-23-20-15/h5-8,12,22H,1-4,9-11H2,(H,18,21). The second kappa shape index (κ2) is 6.91. The summed E-state index contributed by atoms with van der Waals surface area (Å²) < 4.78 is 4.71. The predicted octanol–water partition coefficient (Wildman–Crippen LogP) is 2.55. The summed E-state index contributed by atoms with van der Waals surface area (Å²) in [6.07, 6.45) is 7.14. The summed E-state index contributed by atoms with van der Waals surface area (Å²) in [6.45, 7) is 0.304. The van der Waals surface area contributed by atoms with E-state index >= 15 is 0 Å². The van der Waals surface area contributed by atoms with Gasteiger partial charge in [0.1, 0.15) is 0 Å². The molecule has 0 saturated heterocycles. The number of aliphatic hydroxyl groups is 1. The van der Waals surface area contributed by atoms with Crippen LogP contribution in [0.15, 0.2) is 35.2 Å². The molecule has 2 N–H and O–H groups in total. The number of rotatable bonds is 4. The molecule has 1 aromatic carbocycles. The Morgan fingerprint density at radius 1 is 1.17 bits per heavy atom. The zero-order chi connectivity index (χ0) is 16.1. The van der Waals surface area contributed by atoms with Crippen LogP contribution in [-0.4, -0.2) is 33.3 Å². The van der Waals surface area contributed by atoms with Crippen LogP contribution in [0.25, 0.3) is 11.4 Å². The Kier molecular flexibility index (Phi) is 4.71. The third kappa shape index (κ3) is 3.96. The van der Waals surface area contributed by atoms with Gasteiger partial charge in [-0.25, -0.2) is 0 Å². The van der Waals surface area contributed by atoms with Gasteiger partial charge in [-0.3, -0.25) is 4.79 Å². The molecule has 1 amide bonds. The molecule has 2 aromatic rings. The molecule has 0 radical (unpaired) electrons.